The van der Waals surface area contributed by atoms with Crippen LogP contribution in [0.25, 0.3) is 55.3 Å². The summed E-state index contributed by atoms with van der Waals surface area (Å²) in [6.45, 7) is 4.74. The van der Waals surface area contributed by atoms with Crippen molar-refractivity contribution in [2.24, 2.45) is 0 Å². The highest BCUT2D eigenvalue weighted by molar-refractivity contribution is 6.11. The summed E-state index contributed by atoms with van der Waals surface area (Å²) in [5.41, 5.74) is 20.9. The molecule has 1 unspecified atom stereocenters. The molecule has 3 aliphatic carbocycles. The van der Waals surface area contributed by atoms with Crippen LogP contribution in [0.4, 0.5) is 17.1 Å². The standard InChI is InChI=1S/C54H39NO/c1-53(2)46-22-9-4-15-37(46)39-28-26-35(32-48(39)53)55(50-24-11-6-17-41(50)43-19-13-20-44-42-18-7-12-25-51(42)56-52(43)44)36-27-29-40-38-16-5-10-23-47(38)54(49(40)33-36)31-30-34-14-3-8-21-45(34)54/h3-29,32-33H,30-31H2,1-2H3. The van der Waals surface area contributed by atoms with Gasteiger partial charge >= 0.3 is 0 Å². The van der Waals surface area contributed by atoms with Crippen LogP contribution in [-0.4, -0.2) is 0 Å². The first kappa shape index (κ1) is 31.7. The number of anilines is 3. The van der Waals surface area contributed by atoms with Gasteiger partial charge in [0.15, 0.2) is 0 Å². The van der Waals surface area contributed by atoms with Crippen molar-refractivity contribution in [2.45, 2.75) is 37.5 Å². The Kier molecular flexibility index (Phi) is 6.47. The molecule has 0 saturated heterocycles. The molecular weight excluding hydrogens is 679 g/mol. The summed E-state index contributed by atoms with van der Waals surface area (Å²) in [5, 5.41) is 2.27. The molecule has 2 heteroatoms. The van der Waals surface area contributed by atoms with Crippen molar-refractivity contribution in [1.29, 1.82) is 0 Å². The first-order valence-electron chi connectivity index (χ1n) is 19.9. The third kappa shape index (κ3) is 4.16. The molecule has 266 valence electrons. The second-order valence-electron chi connectivity index (χ2n) is 16.4. The molecule has 56 heavy (non-hydrogen) atoms. The summed E-state index contributed by atoms with van der Waals surface area (Å²) >= 11 is 0. The fourth-order valence-electron chi connectivity index (χ4n) is 10.8. The van der Waals surface area contributed by atoms with Gasteiger partial charge in [-0.2, -0.15) is 0 Å². The van der Waals surface area contributed by atoms with Gasteiger partial charge in [0.25, 0.3) is 0 Å². The average molecular weight is 718 g/mol. The van der Waals surface area contributed by atoms with Crippen molar-refractivity contribution in [3.63, 3.8) is 0 Å². The largest absolute Gasteiger partial charge is 0.455 e. The fourth-order valence-corrected chi connectivity index (χ4v) is 10.8. The van der Waals surface area contributed by atoms with E-state index in [1.54, 1.807) is 0 Å². The fraction of sp³-hybridized carbons (Fsp3) is 0.111. The molecule has 9 aromatic rings. The van der Waals surface area contributed by atoms with Crippen LogP contribution in [0.3, 0.4) is 0 Å². The van der Waals surface area contributed by atoms with Gasteiger partial charge < -0.3 is 9.32 Å². The third-order valence-electron chi connectivity index (χ3n) is 13.3. The van der Waals surface area contributed by atoms with Crippen molar-refractivity contribution in [3.8, 4) is 33.4 Å². The molecule has 2 nitrogen and oxygen atoms in total. The third-order valence-corrected chi connectivity index (χ3v) is 13.3. The molecule has 1 heterocycles. The van der Waals surface area contributed by atoms with E-state index >= 15 is 0 Å². The number of fused-ring (bicyclic) bond motifs is 13. The first-order chi connectivity index (χ1) is 27.5. The Balaban J connectivity index is 1.12. The van der Waals surface area contributed by atoms with E-state index in [2.05, 4.69) is 195 Å². The molecule has 0 radical (unpaired) electrons. The van der Waals surface area contributed by atoms with Crippen LogP contribution in [0.15, 0.2) is 180 Å². The van der Waals surface area contributed by atoms with Crippen LogP contribution in [0.1, 0.15) is 53.6 Å². The molecule has 1 aromatic heterocycles. The monoisotopic (exact) mass is 717 g/mol. The molecule has 0 amide bonds. The van der Waals surface area contributed by atoms with E-state index in [-0.39, 0.29) is 10.8 Å². The first-order valence-corrected chi connectivity index (χ1v) is 19.9. The Labute approximate surface area is 327 Å². The van der Waals surface area contributed by atoms with Gasteiger partial charge in [0, 0.05) is 44.1 Å². The number of para-hydroxylation sites is 3. The second kappa shape index (κ2) is 11.4. The number of furan rings is 1. The van der Waals surface area contributed by atoms with Gasteiger partial charge in [-0.3, -0.25) is 0 Å². The van der Waals surface area contributed by atoms with E-state index in [4.69, 9.17) is 4.42 Å². The van der Waals surface area contributed by atoms with Crippen molar-refractivity contribution in [2.75, 3.05) is 4.90 Å². The van der Waals surface area contributed by atoms with Gasteiger partial charge in [0.1, 0.15) is 11.2 Å². The minimum Gasteiger partial charge on any atom is -0.455 e. The molecule has 1 atom stereocenters. The Morgan fingerprint density at radius 1 is 0.446 bits per heavy atom. The van der Waals surface area contributed by atoms with Gasteiger partial charge in [-0.05, 0) is 105 Å². The summed E-state index contributed by atoms with van der Waals surface area (Å²) in [6, 6.07) is 65.4. The summed E-state index contributed by atoms with van der Waals surface area (Å²) in [7, 11) is 0. The highest BCUT2D eigenvalue weighted by atomic mass is 16.3. The molecule has 8 aromatic carbocycles. The predicted octanol–water partition coefficient (Wildman–Crippen LogP) is 14.3. The Hall–Kier alpha value is -6.64. The van der Waals surface area contributed by atoms with E-state index in [1.807, 2.05) is 0 Å². The lowest BCUT2D eigenvalue weighted by atomic mass is 9.73. The zero-order valence-corrected chi connectivity index (χ0v) is 31.5. The maximum atomic E-state index is 6.68. The van der Waals surface area contributed by atoms with Gasteiger partial charge in [-0.1, -0.05) is 153 Å². The van der Waals surface area contributed by atoms with Crippen LogP contribution in [0.5, 0.6) is 0 Å². The van der Waals surface area contributed by atoms with Crippen LogP contribution >= 0.6 is 0 Å². The van der Waals surface area contributed by atoms with E-state index in [0.29, 0.717) is 0 Å². The SMILES string of the molecule is CC1(C)c2ccccc2-c2ccc(N(c3ccc4c(c3)C3(CCc5ccccc53)c3ccccc3-4)c3ccccc3-c3cccc4c3oc3ccccc34)cc21. The lowest BCUT2D eigenvalue weighted by molar-refractivity contribution is 0.626. The minimum atomic E-state index is -0.189. The van der Waals surface area contributed by atoms with E-state index in [0.717, 1.165) is 63.0 Å². The molecule has 0 fully saturated rings. The predicted molar refractivity (Wildman–Crippen MR) is 231 cm³/mol. The molecule has 3 aliphatic rings. The van der Waals surface area contributed by atoms with Gasteiger partial charge in [0.2, 0.25) is 0 Å². The van der Waals surface area contributed by atoms with Crippen LogP contribution in [0, 0.1) is 0 Å². The van der Waals surface area contributed by atoms with Crippen molar-refractivity contribution < 1.29 is 4.42 Å². The molecule has 0 saturated carbocycles. The molecule has 1 spiro atoms. The highest BCUT2D eigenvalue weighted by Gasteiger charge is 2.48. The van der Waals surface area contributed by atoms with Crippen LogP contribution in [0.2, 0.25) is 0 Å². The number of hydrogen-bond donors (Lipinski definition) is 0. The molecule has 0 N–H and O–H groups in total. The number of benzene rings is 8. The average Bonchev–Trinajstić information content (AvgIpc) is 3.97. The van der Waals surface area contributed by atoms with Crippen molar-refractivity contribution >= 4 is 39.0 Å². The van der Waals surface area contributed by atoms with Gasteiger partial charge in [-0.25, -0.2) is 0 Å². The lowest BCUT2D eigenvalue weighted by Crippen LogP contribution is -2.24. The molecule has 0 aliphatic heterocycles. The minimum absolute atomic E-state index is 0.135. The maximum Gasteiger partial charge on any atom is 0.143 e. The summed E-state index contributed by atoms with van der Waals surface area (Å²) < 4.78 is 6.68. The molecule has 12 rings (SSSR count). The quantitative estimate of drug-likeness (QED) is 0.180. The lowest BCUT2D eigenvalue weighted by Gasteiger charge is -2.32. The van der Waals surface area contributed by atoms with E-state index in [9.17, 15) is 0 Å². The Bertz CT molecular complexity index is 3090. The maximum absolute atomic E-state index is 6.68. The topological polar surface area (TPSA) is 16.4 Å². The van der Waals surface area contributed by atoms with Crippen LogP contribution < -0.4 is 4.90 Å². The Morgan fingerprint density at radius 2 is 1.02 bits per heavy atom. The molecule has 0 bridgehead atoms. The van der Waals surface area contributed by atoms with Crippen molar-refractivity contribution in [3.05, 3.63) is 209 Å². The number of rotatable bonds is 4. The zero-order valence-electron chi connectivity index (χ0n) is 31.5. The summed E-state index contributed by atoms with van der Waals surface area (Å²) in [5.74, 6) is 0. The van der Waals surface area contributed by atoms with Crippen molar-refractivity contribution in [1.82, 2.24) is 0 Å². The zero-order chi connectivity index (χ0) is 37.2. The number of hydrogen-bond acceptors (Lipinski definition) is 2. The summed E-state index contributed by atoms with van der Waals surface area (Å²) in [6.07, 6.45) is 2.14. The summed E-state index contributed by atoms with van der Waals surface area (Å²) in [4.78, 5) is 2.51. The smallest absolute Gasteiger partial charge is 0.143 e. The van der Waals surface area contributed by atoms with E-state index < -0.39 is 0 Å². The number of aryl methyl sites for hydroxylation is 1. The number of nitrogens with zero attached hydrogens (tertiary/aromatic N) is 1. The normalized spacial score (nSPS) is 16.8. The second-order valence-corrected chi connectivity index (χ2v) is 16.4. The van der Waals surface area contributed by atoms with E-state index in [1.165, 1.54) is 55.6 Å². The molecular formula is C54H39NO. The Morgan fingerprint density at radius 3 is 1.84 bits per heavy atom. The highest BCUT2D eigenvalue weighted by Crippen LogP contribution is 2.60. The van der Waals surface area contributed by atoms with Gasteiger partial charge in [0.05, 0.1) is 5.69 Å². The van der Waals surface area contributed by atoms with Gasteiger partial charge in [-0.15, -0.1) is 0 Å². The van der Waals surface area contributed by atoms with Crippen LogP contribution in [-0.2, 0) is 17.3 Å².